The average Bonchev–Trinajstić information content (AvgIpc) is 2.98. The standard InChI is InChI=1S/C36H69NO6S/c1-3-5-7-9-11-13-14-15-16-17-18-19-20-21-22-23-25-26-28-30-34(38)33(32-44(41,42)43)37-36(40)35(39)31-29-27-24-12-10-8-6-4-2/h24,27-28,30,33-35,38-39H,3-23,25-26,29,31-32H2,1-2H3,(H,37,40)(H,41,42,43)/b27-24-,30-28+. The second-order valence-corrected chi connectivity index (χ2v) is 14.1. The summed E-state index contributed by atoms with van der Waals surface area (Å²) in [7, 11) is -4.44. The summed E-state index contributed by atoms with van der Waals surface area (Å²) in [5.74, 6) is -1.58. The van der Waals surface area contributed by atoms with Crippen LogP contribution in [0.15, 0.2) is 24.3 Å². The van der Waals surface area contributed by atoms with E-state index >= 15 is 0 Å². The van der Waals surface area contributed by atoms with Gasteiger partial charge in [-0.25, -0.2) is 0 Å². The third-order valence-electron chi connectivity index (χ3n) is 8.24. The van der Waals surface area contributed by atoms with Crippen molar-refractivity contribution in [3.8, 4) is 0 Å². The highest BCUT2D eigenvalue weighted by molar-refractivity contribution is 7.85. The Morgan fingerprint density at radius 1 is 0.614 bits per heavy atom. The fourth-order valence-electron chi connectivity index (χ4n) is 5.40. The fraction of sp³-hybridized carbons (Fsp3) is 0.861. The van der Waals surface area contributed by atoms with Gasteiger partial charge in [-0.05, 0) is 38.5 Å². The van der Waals surface area contributed by atoms with Crippen LogP contribution in [0.1, 0.15) is 174 Å². The Labute approximate surface area is 271 Å². The van der Waals surface area contributed by atoms with Crippen molar-refractivity contribution in [2.75, 3.05) is 5.75 Å². The van der Waals surface area contributed by atoms with Crippen molar-refractivity contribution in [2.45, 2.75) is 193 Å². The van der Waals surface area contributed by atoms with Crippen LogP contribution in [-0.4, -0.2) is 53.1 Å². The molecular formula is C36H69NO6S. The van der Waals surface area contributed by atoms with Crippen LogP contribution < -0.4 is 5.32 Å². The number of nitrogens with one attached hydrogen (secondary N) is 1. The minimum atomic E-state index is -4.44. The van der Waals surface area contributed by atoms with Gasteiger partial charge in [-0.15, -0.1) is 0 Å². The topological polar surface area (TPSA) is 124 Å². The number of unbranched alkanes of at least 4 members (excludes halogenated alkanes) is 21. The molecule has 0 heterocycles. The molecule has 0 rings (SSSR count). The number of carbonyl (C=O) groups excluding carboxylic acids is 1. The highest BCUT2D eigenvalue weighted by Gasteiger charge is 2.27. The monoisotopic (exact) mass is 643 g/mol. The molecule has 8 heteroatoms. The molecule has 3 unspecified atom stereocenters. The maximum Gasteiger partial charge on any atom is 0.267 e. The Hall–Kier alpha value is -1.22. The summed E-state index contributed by atoms with van der Waals surface area (Å²) >= 11 is 0. The molecule has 0 fully saturated rings. The minimum absolute atomic E-state index is 0.196. The van der Waals surface area contributed by atoms with Crippen molar-refractivity contribution in [3.05, 3.63) is 24.3 Å². The summed E-state index contributed by atoms with van der Waals surface area (Å²) in [5, 5.41) is 23.1. The Balaban J connectivity index is 4.06. The lowest BCUT2D eigenvalue weighted by Crippen LogP contribution is -2.50. The quantitative estimate of drug-likeness (QED) is 0.0329. The van der Waals surface area contributed by atoms with Gasteiger partial charge >= 0.3 is 0 Å². The number of hydrogen-bond acceptors (Lipinski definition) is 5. The number of carbonyl (C=O) groups is 1. The maximum atomic E-state index is 12.4. The van der Waals surface area contributed by atoms with Crippen molar-refractivity contribution in [1.82, 2.24) is 5.32 Å². The Kier molecular flexibility index (Phi) is 29.6. The molecule has 7 nitrogen and oxygen atoms in total. The summed E-state index contributed by atoms with van der Waals surface area (Å²) in [5.41, 5.74) is 0. The van der Waals surface area contributed by atoms with Gasteiger partial charge in [0.2, 0.25) is 5.91 Å². The molecule has 44 heavy (non-hydrogen) atoms. The number of aliphatic hydroxyl groups excluding tert-OH is 2. The fourth-order valence-corrected chi connectivity index (χ4v) is 6.13. The van der Waals surface area contributed by atoms with Crippen molar-refractivity contribution in [3.63, 3.8) is 0 Å². The van der Waals surface area contributed by atoms with E-state index in [9.17, 15) is 28.0 Å². The van der Waals surface area contributed by atoms with E-state index in [1.807, 2.05) is 6.08 Å². The van der Waals surface area contributed by atoms with Gasteiger partial charge in [0, 0.05) is 0 Å². The van der Waals surface area contributed by atoms with Crippen LogP contribution >= 0.6 is 0 Å². The van der Waals surface area contributed by atoms with Gasteiger partial charge in [0.25, 0.3) is 10.1 Å². The summed E-state index contributed by atoms with van der Waals surface area (Å²) < 4.78 is 32.3. The molecule has 0 aliphatic carbocycles. The molecule has 0 radical (unpaired) electrons. The van der Waals surface area contributed by atoms with Crippen LogP contribution in [0.2, 0.25) is 0 Å². The third kappa shape index (κ3) is 29.5. The number of rotatable bonds is 32. The summed E-state index contributed by atoms with van der Waals surface area (Å²) in [6.07, 6.45) is 34.1. The van der Waals surface area contributed by atoms with Gasteiger partial charge in [0.15, 0.2) is 0 Å². The van der Waals surface area contributed by atoms with Crippen LogP contribution in [-0.2, 0) is 14.9 Å². The summed E-state index contributed by atoms with van der Waals surface area (Å²) in [6.45, 7) is 4.43. The summed E-state index contributed by atoms with van der Waals surface area (Å²) in [6, 6.07) is -1.24. The highest BCUT2D eigenvalue weighted by Crippen LogP contribution is 2.15. The Morgan fingerprint density at radius 3 is 1.45 bits per heavy atom. The van der Waals surface area contributed by atoms with Crippen molar-refractivity contribution >= 4 is 16.0 Å². The Morgan fingerprint density at radius 2 is 1.00 bits per heavy atom. The zero-order chi connectivity index (χ0) is 32.7. The molecule has 1 amide bonds. The third-order valence-corrected chi connectivity index (χ3v) is 9.02. The average molecular weight is 644 g/mol. The zero-order valence-corrected chi connectivity index (χ0v) is 29.2. The number of amides is 1. The maximum absolute atomic E-state index is 12.4. The van der Waals surface area contributed by atoms with E-state index < -0.39 is 40.0 Å². The molecular weight excluding hydrogens is 574 g/mol. The molecule has 260 valence electrons. The van der Waals surface area contributed by atoms with Gasteiger partial charge in [-0.1, -0.05) is 160 Å². The molecule has 0 aliphatic rings. The molecule has 0 saturated carbocycles. The van der Waals surface area contributed by atoms with Crippen LogP contribution in [0.4, 0.5) is 0 Å². The first kappa shape index (κ1) is 42.8. The molecule has 0 spiro atoms. The van der Waals surface area contributed by atoms with Crippen LogP contribution in [0.5, 0.6) is 0 Å². The number of hydrogen-bond donors (Lipinski definition) is 4. The van der Waals surface area contributed by atoms with Gasteiger partial charge in [-0.3, -0.25) is 9.35 Å². The van der Waals surface area contributed by atoms with Crippen molar-refractivity contribution < 1.29 is 28.0 Å². The van der Waals surface area contributed by atoms with E-state index in [2.05, 4.69) is 25.2 Å². The number of allylic oxidation sites excluding steroid dienone is 3. The lowest BCUT2D eigenvalue weighted by Gasteiger charge is -2.22. The summed E-state index contributed by atoms with van der Waals surface area (Å²) in [4.78, 5) is 12.4. The first-order chi connectivity index (χ1) is 21.2. The van der Waals surface area contributed by atoms with Gasteiger partial charge in [-0.2, -0.15) is 8.42 Å². The molecule has 4 N–H and O–H groups in total. The van der Waals surface area contributed by atoms with E-state index in [4.69, 9.17) is 0 Å². The first-order valence-electron chi connectivity index (χ1n) is 18.1. The van der Waals surface area contributed by atoms with E-state index in [0.29, 0.717) is 6.42 Å². The zero-order valence-electron chi connectivity index (χ0n) is 28.4. The van der Waals surface area contributed by atoms with E-state index in [-0.39, 0.29) is 6.42 Å². The van der Waals surface area contributed by atoms with Crippen LogP contribution in [0.3, 0.4) is 0 Å². The normalized spacial score (nSPS) is 14.4. The molecule has 3 atom stereocenters. The van der Waals surface area contributed by atoms with Crippen molar-refractivity contribution in [1.29, 1.82) is 0 Å². The number of aliphatic hydroxyl groups is 2. The molecule has 0 aliphatic heterocycles. The largest absolute Gasteiger partial charge is 0.387 e. The molecule has 0 aromatic heterocycles. The van der Waals surface area contributed by atoms with Gasteiger partial charge < -0.3 is 15.5 Å². The van der Waals surface area contributed by atoms with Crippen molar-refractivity contribution in [2.24, 2.45) is 0 Å². The predicted octanol–water partition coefficient (Wildman–Crippen LogP) is 8.99. The van der Waals surface area contributed by atoms with Crippen LogP contribution in [0, 0.1) is 0 Å². The lowest BCUT2D eigenvalue weighted by molar-refractivity contribution is -0.130. The molecule has 0 saturated heterocycles. The van der Waals surface area contributed by atoms with Gasteiger partial charge in [0.1, 0.15) is 6.10 Å². The Bertz CT molecular complexity index is 813. The molecule has 0 bridgehead atoms. The van der Waals surface area contributed by atoms with E-state index in [1.54, 1.807) is 6.08 Å². The van der Waals surface area contributed by atoms with E-state index in [0.717, 1.165) is 32.1 Å². The molecule has 0 aromatic rings. The second-order valence-electron chi connectivity index (χ2n) is 12.6. The molecule has 0 aromatic carbocycles. The van der Waals surface area contributed by atoms with Crippen LogP contribution in [0.25, 0.3) is 0 Å². The first-order valence-corrected chi connectivity index (χ1v) is 19.8. The highest BCUT2D eigenvalue weighted by atomic mass is 32.2. The predicted molar refractivity (Wildman–Crippen MR) is 185 cm³/mol. The van der Waals surface area contributed by atoms with E-state index in [1.165, 1.54) is 122 Å². The smallest absolute Gasteiger partial charge is 0.267 e. The SMILES string of the molecule is CCCCCC/C=C\CCC(O)C(=O)NC(CS(=O)(=O)O)C(O)/C=C/CCCCCCCCCCCCCCCCCCC. The minimum Gasteiger partial charge on any atom is -0.387 e. The second kappa shape index (κ2) is 30.4. The van der Waals surface area contributed by atoms with Gasteiger partial charge in [0.05, 0.1) is 17.9 Å². The lowest BCUT2D eigenvalue weighted by atomic mass is 10.0.